The Kier molecular flexibility index (Phi) is 4.62. The molecule has 5 nitrogen and oxygen atoms in total. The number of halogens is 5. The van der Waals surface area contributed by atoms with Gasteiger partial charge in [0, 0.05) is 25.7 Å². The van der Waals surface area contributed by atoms with Crippen LogP contribution in [0.1, 0.15) is 12.1 Å². The summed E-state index contributed by atoms with van der Waals surface area (Å²) in [5.41, 5.74) is -1.31. The second-order valence-electron chi connectivity index (χ2n) is 5.10. The summed E-state index contributed by atoms with van der Waals surface area (Å²) in [5, 5.41) is 8.84. The molecule has 2 rings (SSSR count). The van der Waals surface area contributed by atoms with E-state index in [0.29, 0.717) is 0 Å². The van der Waals surface area contributed by atoms with E-state index in [1.165, 1.54) is 6.07 Å². The number of nitrogens with zero attached hydrogens (tertiary/aromatic N) is 2. The van der Waals surface area contributed by atoms with Gasteiger partial charge in [-0.1, -0.05) is 0 Å². The molecule has 1 N–H and O–H groups in total. The Labute approximate surface area is 127 Å². The van der Waals surface area contributed by atoms with E-state index >= 15 is 0 Å². The highest BCUT2D eigenvalue weighted by Gasteiger charge is 2.46. The van der Waals surface area contributed by atoms with Gasteiger partial charge in [-0.25, -0.2) is 18.6 Å². The van der Waals surface area contributed by atoms with Crippen molar-refractivity contribution in [1.29, 1.82) is 0 Å². The van der Waals surface area contributed by atoms with Crippen molar-refractivity contribution in [3.63, 3.8) is 0 Å². The van der Waals surface area contributed by atoms with Crippen LogP contribution in [0.25, 0.3) is 0 Å². The summed E-state index contributed by atoms with van der Waals surface area (Å²) in [5.74, 6) is -5.41. The summed E-state index contributed by atoms with van der Waals surface area (Å²) in [4.78, 5) is 14.8. The molecular weight excluding hydrogens is 327 g/mol. The van der Waals surface area contributed by atoms with Crippen molar-refractivity contribution in [3.8, 4) is 5.75 Å². The number of hydrogen-bond acceptors (Lipinski definition) is 3. The van der Waals surface area contributed by atoms with Crippen LogP contribution >= 0.6 is 0 Å². The molecule has 1 atom stereocenters. The minimum Gasteiger partial charge on any atom is -0.491 e. The zero-order chi connectivity index (χ0) is 17.3. The number of amides is 1. The SMILES string of the molecule is O=C(O)N1CCC(F)(F)C(COc2cccnc2C(F)(F)F)C1. The van der Waals surface area contributed by atoms with Crippen molar-refractivity contribution in [1.82, 2.24) is 9.88 Å². The number of aromatic nitrogens is 1. The number of carboxylic acid groups (broad SMARTS) is 1. The summed E-state index contributed by atoms with van der Waals surface area (Å²) < 4.78 is 70.8. The van der Waals surface area contributed by atoms with Crippen molar-refractivity contribution in [2.24, 2.45) is 5.92 Å². The molecule has 0 saturated carbocycles. The first kappa shape index (κ1) is 17.2. The van der Waals surface area contributed by atoms with Gasteiger partial charge in [-0.2, -0.15) is 13.2 Å². The van der Waals surface area contributed by atoms with E-state index in [4.69, 9.17) is 9.84 Å². The van der Waals surface area contributed by atoms with Crippen molar-refractivity contribution >= 4 is 6.09 Å². The van der Waals surface area contributed by atoms with Crippen molar-refractivity contribution < 1.29 is 36.6 Å². The molecule has 1 saturated heterocycles. The highest BCUT2D eigenvalue weighted by atomic mass is 19.4. The fraction of sp³-hybridized carbons (Fsp3) is 0.538. The van der Waals surface area contributed by atoms with Crippen molar-refractivity contribution in [3.05, 3.63) is 24.0 Å². The van der Waals surface area contributed by atoms with E-state index < -0.39 is 55.1 Å². The lowest BCUT2D eigenvalue weighted by Gasteiger charge is -2.36. The number of rotatable bonds is 3. The van der Waals surface area contributed by atoms with E-state index in [1.54, 1.807) is 0 Å². The predicted octanol–water partition coefficient (Wildman–Crippen LogP) is 3.11. The Balaban J connectivity index is 2.11. The molecule has 10 heteroatoms. The standard InChI is InChI=1S/C13H13F5N2O3/c14-12(15)3-5-20(11(21)22)6-8(12)7-23-9-2-1-4-19-10(9)13(16,17)18/h1-2,4,8H,3,5-7H2,(H,21,22). The van der Waals surface area contributed by atoms with E-state index in [9.17, 15) is 26.7 Å². The van der Waals surface area contributed by atoms with Gasteiger partial charge in [0.25, 0.3) is 5.92 Å². The van der Waals surface area contributed by atoms with Gasteiger partial charge in [0.15, 0.2) is 5.69 Å². The molecule has 1 amide bonds. The molecule has 128 valence electrons. The van der Waals surface area contributed by atoms with Gasteiger partial charge < -0.3 is 14.7 Å². The lowest BCUT2D eigenvalue weighted by atomic mass is 9.94. The van der Waals surface area contributed by atoms with Crippen molar-refractivity contribution in [2.45, 2.75) is 18.5 Å². The quantitative estimate of drug-likeness (QED) is 0.859. The van der Waals surface area contributed by atoms with Crippen LogP contribution in [0.5, 0.6) is 5.75 Å². The maximum atomic E-state index is 13.8. The van der Waals surface area contributed by atoms with Crippen LogP contribution in [0.2, 0.25) is 0 Å². The fourth-order valence-electron chi connectivity index (χ4n) is 2.24. The Bertz CT molecular complexity index is 579. The van der Waals surface area contributed by atoms with Crippen LogP contribution in [-0.4, -0.2) is 46.7 Å². The lowest BCUT2D eigenvalue weighted by Crippen LogP contribution is -2.50. The number of ether oxygens (including phenoxy) is 1. The maximum absolute atomic E-state index is 13.8. The molecule has 1 unspecified atom stereocenters. The average Bonchev–Trinajstić information content (AvgIpc) is 2.44. The smallest absolute Gasteiger partial charge is 0.437 e. The molecule has 1 aliphatic rings. The van der Waals surface area contributed by atoms with Gasteiger partial charge in [-0.15, -0.1) is 0 Å². The number of hydrogen-bond donors (Lipinski definition) is 1. The Morgan fingerprint density at radius 1 is 1.48 bits per heavy atom. The number of pyridine rings is 1. The third kappa shape index (κ3) is 3.99. The Morgan fingerprint density at radius 3 is 2.78 bits per heavy atom. The van der Waals surface area contributed by atoms with Gasteiger partial charge in [-0.05, 0) is 12.1 Å². The summed E-state index contributed by atoms with van der Waals surface area (Å²) in [6, 6.07) is 2.17. The second-order valence-corrected chi connectivity index (χ2v) is 5.10. The van der Waals surface area contributed by atoms with Crippen LogP contribution < -0.4 is 4.74 Å². The van der Waals surface area contributed by atoms with Crippen molar-refractivity contribution in [2.75, 3.05) is 19.7 Å². The molecule has 1 aromatic heterocycles. The molecule has 0 spiro atoms. The van der Waals surface area contributed by atoms with Crippen LogP contribution in [-0.2, 0) is 6.18 Å². The average molecular weight is 340 g/mol. The number of likely N-dealkylation sites (tertiary alicyclic amines) is 1. The summed E-state index contributed by atoms with van der Waals surface area (Å²) in [6.07, 6.45) is -5.93. The first-order chi connectivity index (χ1) is 10.6. The normalized spacial score (nSPS) is 21.1. The van der Waals surface area contributed by atoms with Crippen LogP contribution in [0.15, 0.2) is 18.3 Å². The molecule has 1 aromatic rings. The van der Waals surface area contributed by atoms with Crippen LogP contribution in [0, 0.1) is 5.92 Å². The van der Waals surface area contributed by atoms with Gasteiger partial charge in [0.05, 0.1) is 12.5 Å². The van der Waals surface area contributed by atoms with E-state index in [1.807, 2.05) is 0 Å². The molecule has 0 radical (unpaired) electrons. The summed E-state index contributed by atoms with van der Waals surface area (Å²) in [6.45, 7) is -1.59. The molecule has 0 aromatic carbocycles. The zero-order valence-corrected chi connectivity index (χ0v) is 11.7. The summed E-state index contributed by atoms with van der Waals surface area (Å²) >= 11 is 0. The Morgan fingerprint density at radius 2 is 2.17 bits per heavy atom. The van der Waals surface area contributed by atoms with Crippen LogP contribution in [0.3, 0.4) is 0 Å². The van der Waals surface area contributed by atoms with Gasteiger partial charge in [-0.3, -0.25) is 0 Å². The minimum atomic E-state index is -4.78. The first-order valence-electron chi connectivity index (χ1n) is 6.62. The largest absolute Gasteiger partial charge is 0.491 e. The van der Waals surface area contributed by atoms with Gasteiger partial charge >= 0.3 is 12.3 Å². The second kappa shape index (κ2) is 6.17. The van der Waals surface area contributed by atoms with E-state index in [0.717, 1.165) is 17.2 Å². The first-order valence-corrected chi connectivity index (χ1v) is 6.62. The molecule has 1 aliphatic heterocycles. The number of alkyl halides is 5. The van der Waals surface area contributed by atoms with Gasteiger partial charge in [0.1, 0.15) is 5.75 Å². The minimum absolute atomic E-state index is 0.334. The molecule has 0 bridgehead atoms. The molecule has 23 heavy (non-hydrogen) atoms. The molecule has 1 fully saturated rings. The highest BCUT2D eigenvalue weighted by Crippen LogP contribution is 2.37. The molecule has 2 heterocycles. The lowest BCUT2D eigenvalue weighted by molar-refractivity contribution is -0.143. The third-order valence-electron chi connectivity index (χ3n) is 3.50. The van der Waals surface area contributed by atoms with E-state index in [-0.39, 0.29) is 6.54 Å². The highest BCUT2D eigenvalue weighted by molar-refractivity contribution is 5.65. The number of piperidine rings is 1. The summed E-state index contributed by atoms with van der Waals surface area (Å²) in [7, 11) is 0. The van der Waals surface area contributed by atoms with Crippen LogP contribution in [0.4, 0.5) is 26.7 Å². The van der Waals surface area contributed by atoms with Gasteiger partial charge in [0.2, 0.25) is 0 Å². The zero-order valence-electron chi connectivity index (χ0n) is 11.7. The fourth-order valence-corrected chi connectivity index (χ4v) is 2.24. The molecule has 0 aliphatic carbocycles. The topological polar surface area (TPSA) is 62.7 Å². The maximum Gasteiger partial charge on any atom is 0.437 e. The third-order valence-corrected chi connectivity index (χ3v) is 3.50. The Hall–Kier alpha value is -2.13. The number of carbonyl (C=O) groups is 1. The predicted molar refractivity (Wildman–Crippen MR) is 67.4 cm³/mol. The molecular formula is C13H13F5N2O3. The monoisotopic (exact) mass is 340 g/mol. The van der Waals surface area contributed by atoms with E-state index in [2.05, 4.69) is 4.98 Å².